The molecule has 0 spiro atoms. The van der Waals surface area contributed by atoms with Crippen LogP contribution in [0, 0.1) is 0 Å². The lowest BCUT2D eigenvalue weighted by Gasteiger charge is -1.74. The second kappa shape index (κ2) is 2.51. The maximum atomic E-state index is 5.39. The molecular weight excluding hydrogens is 193 g/mol. The lowest BCUT2D eigenvalue weighted by Crippen LogP contribution is -1.63. The number of halogens is 2. The quantitative estimate of drug-likeness (QED) is 0.644. The van der Waals surface area contributed by atoms with E-state index < -0.39 is 0 Å². The fraction of sp³-hybridized carbons (Fsp3) is 0.250. The summed E-state index contributed by atoms with van der Waals surface area (Å²) < 4.78 is 5.37. The van der Waals surface area contributed by atoms with Gasteiger partial charge in [-0.25, -0.2) is 0 Å². The minimum atomic E-state index is 0.374. The van der Waals surface area contributed by atoms with Gasteiger partial charge in [0.1, 0.15) is 4.60 Å². The maximum absolute atomic E-state index is 5.39. The molecule has 1 aromatic heterocycles. The van der Waals surface area contributed by atoms with Gasteiger partial charge in [0.05, 0.1) is 5.88 Å². The number of hydrogen-bond donors (Lipinski definition) is 0. The Kier molecular flexibility index (Phi) is 1.91. The van der Waals surface area contributed by atoms with Crippen molar-refractivity contribution in [1.29, 1.82) is 0 Å². The van der Waals surface area contributed by atoms with Crippen molar-refractivity contribution in [2.75, 3.05) is 0 Å². The van der Waals surface area contributed by atoms with Crippen molar-refractivity contribution in [3.63, 3.8) is 0 Å². The van der Waals surface area contributed by atoms with Crippen LogP contribution >= 0.6 is 27.5 Å². The summed E-state index contributed by atoms with van der Waals surface area (Å²) in [5, 5.41) is 3.54. The van der Waals surface area contributed by atoms with Gasteiger partial charge in [0, 0.05) is 6.07 Å². The number of hydrogen-bond acceptors (Lipinski definition) is 2. The molecule has 0 fully saturated rings. The van der Waals surface area contributed by atoms with Crippen molar-refractivity contribution >= 4 is 27.5 Å². The van der Waals surface area contributed by atoms with Crippen LogP contribution in [0.3, 0.4) is 0 Å². The van der Waals surface area contributed by atoms with Crippen LogP contribution in [0.4, 0.5) is 0 Å². The highest BCUT2D eigenvalue weighted by Gasteiger charge is 1.96. The molecule has 44 valence electrons. The average Bonchev–Trinajstić information content (AvgIpc) is 2.14. The Labute approximate surface area is 59.9 Å². The summed E-state index contributed by atoms with van der Waals surface area (Å²) in [5.41, 5.74) is 0. The Balaban J connectivity index is 2.84. The van der Waals surface area contributed by atoms with Crippen molar-refractivity contribution < 1.29 is 4.52 Å². The molecule has 0 aliphatic carbocycles. The van der Waals surface area contributed by atoms with Gasteiger partial charge in [-0.2, -0.15) is 0 Å². The molecule has 1 rings (SSSR count). The van der Waals surface area contributed by atoms with E-state index in [1.165, 1.54) is 0 Å². The largest absolute Gasteiger partial charge is 0.359 e. The Bertz CT molecular complexity index is 176. The molecule has 0 saturated heterocycles. The third kappa shape index (κ3) is 1.23. The minimum Gasteiger partial charge on any atom is -0.359 e. The first-order valence-corrected chi connectivity index (χ1v) is 3.32. The average molecular weight is 196 g/mol. The van der Waals surface area contributed by atoms with Crippen molar-refractivity contribution in [2.24, 2.45) is 0 Å². The van der Waals surface area contributed by atoms with Crippen molar-refractivity contribution in [3.05, 3.63) is 16.4 Å². The molecule has 8 heavy (non-hydrogen) atoms. The summed E-state index contributed by atoms with van der Waals surface area (Å²) in [4.78, 5) is 0. The number of rotatable bonds is 1. The Hall–Kier alpha value is -0.0200. The molecule has 0 saturated carbocycles. The zero-order valence-corrected chi connectivity index (χ0v) is 6.24. The van der Waals surface area contributed by atoms with Crippen LogP contribution in [0.15, 0.2) is 15.2 Å². The molecule has 0 unspecified atom stereocenters. The first-order chi connectivity index (χ1) is 3.83. The minimum absolute atomic E-state index is 0.374. The number of nitrogens with zero attached hydrogens (tertiary/aromatic N) is 1. The van der Waals surface area contributed by atoms with Gasteiger partial charge < -0.3 is 4.52 Å². The zero-order chi connectivity index (χ0) is 5.98. The molecule has 1 heterocycles. The van der Waals surface area contributed by atoms with Crippen LogP contribution in [0.5, 0.6) is 0 Å². The lowest BCUT2D eigenvalue weighted by atomic mass is 10.5. The SMILES string of the molecule is ClCc1cc(Br)no1. The van der Waals surface area contributed by atoms with Crippen LogP contribution in [0.1, 0.15) is 5.76 Å². The Morgan fingerprint density at radius 1 is 1.88 bits per heavy atom. The van der Waals surface area contributed by atoms with Crippen LogP contribution < -0.4 is 0 Å². The first kappa shape index (κ1) is 6.11. The fourth-order valence-corrected chi connectivity index (χ4v) is 0.804. The van der Waals surface area contributed by atoms with Gasteiger partial charge in [0.2, 0.25) is 0 Å². The van der Waals surface area contributed by atoms with E-state index in [0.717, 1.165) is 0 Å². The molecule has 0 bridgehead atoms. The molecule has 0 radical (unpaired) electrons. The summed E-state index contributed by atoms with van der Waals surface area (Å²) in [6.07, 6.45) is 0. The smallest absolute Gasteiger partial charge is 0.152 e. The first-order valence-electron chi connectivity index (χ1n) is 2.00. The van der Waals surface area contributed by atoms with Crippen LogP contribution in [-0.4, -0.2) is 5.16 Å². The highest BCUT2D eigenvalue weighted by atomic mass is 79.9. The van der Waals surface area contributed by atoms with E-state index in [9.17, 15) is 0 Å². The van der Waals surface area contributed by atoms with E-state index in [0.29, 0.717) is 16.2 Å². The van der Waals surface area contributed by atoms with Crippen molar-refractivity contribution in [1.82, 2.24) is 5.16 Å². The molecule has 2 nitrogen and oxygen atoms in total. The van der Waals surface area contributed by atoms with E-state index in [1.807, 2.05) is 0 Å². The summed E-state index contributed by atoms with van der Waals surface area (Å²) in [6.45, 7) is 0. The van der Waals surface area contributed by atoms with Crippen molar-refractivity contribution in [3.8, 4) is 0 Å². The Morgan fingerprint density at radius 3 is 2.88 bits per heavy atom. The topological polar surface area (TPSA) is 26.0 Å². The predicted octanol–water partition coefficient (Wildman–Crippen LogP) is 2.18. The van der Waals surface area contributed by atoms with Crippen LogP contribution in [0.25, 0.3) is 0 Å². The second-order valence-electron chi connectivity index (χ2n) is 1.25. The summed E-state index contributed by atoms with van der Waals surface area (Å²) in [6, 6.07) is 1.73. The van der Waals surface area contributed by atoms with Gasteiger partial charge in [-0.1, -0.05) is 5.16 Å². The third-order valence-corrected chi connectivity index (χ3v) is 1.30. The third-order valence-electron chi connectivity index (χ3n) is 0.662. The van der Waals surface area contributed by atoms with E-state index in [1.54, 1.807) is 6.07 Å². The van der Waals surface area contributed by atoms with Gasteiger partial charge in [-0.05, 0) is 15.9 Å². The van der Waals surface area contributed by atoms with E-state index >= 15 is 0 Å². The molecule has 0 aliphatic heterocycles. The Morgan fingerprint density at radius 2 is 2.62 bits per heavy atom. The van der Waals surface area contributed by atoms with E-state index in [-0.39, 0.29) is 0 Å². The fourth-order valence-electron chi connectivity index (χ4n) is 0.351. The van der Waals surface area contributed by atoms with E-state index in [2.05, 4.69) is 25.6 Å². The molecule has 0 aliphatic rings. The van der Waals surface area contributed by atoms with E-state index in [4.69, 9.17) is 11.6 Å². The maximum Gasteiger partial charge on any atom is 0.152 e. The molecular formula is C4H3BrClNO. The van der Waals surface area contributed by atoms with Gasteiger partial charge in [0.25, 0.3) is 0 Å². The van der Waals surface area contributed by atoms with Gasteiger partial charge >= 0.3 is 0 Å². The molecule has 0 aromatic carbocycles. The molecule has 4 heteroatoms. The second-order valence-corrected chi connectivity index (χ2v) is 2.33. The summed E-state index contributed by atoms with van der Waals surface area (Å²) >= 11 is 8.50. The van der Waals surface area contributed by atoms with Crippen molar-refractivity contribution in [2.45, 2.75) is 5.88 Å². The molecule has 0 amide bonds. The standard InChI is InChI=1S/C4H3BrClNO/c5-4-1-3(2-6)8-7-4/h1H,2H2. The zero-order valence-electron chi connectivity index (χ0n) is 3.90. The number of alkyl halides is 1. The lowest BCUT2D eigenvalue weighted by molar-refractivity contribution is 0.391. The summed E-state index contributed by atoms with van der Waals surface area (Å²) in [5.74, 6) is 1.05. The summed E-state index contributed by atoms with van der Waals surface area (Å²) in [7, 11) is 0. The van der Waals surface area contributed by atoms with Gasteiger partial charge in [-0.15, -0.1) is 11.6 Å². The monoisotopic (exact) mass is 195 g/mol. The normalized spacial score (nSPS) is 9.75. The molecule has 1 aromatic rings. The highest BCUT2D eigenvalue weighted by Crippen LogP contribution is 2.10. The molecule has 0 N–H and O–H groups in total. The van der Waals surface area contributed by atoms with Crippen LogP contribution in [0.2, 0.25) is 0 Å². The van der Waals surface area contributed by atoms with Gasteiger partial charge in [0.15, 0.2) is 5.76 Å². The predicted molar refractivity (Wildman–Crippen MR) is 33.8 cm³/mol. The number of aromatic nitrogens is 1. The molecule has 0 atom stereocenters. The highest BCUT2D eigenvalue weighted by molar-refractivity contribution is 9.10. The van der Waals surface area contributed by atoms with Crippen LogP contribution in [-0.2, 0) is 5.88 Å². The van der Waals surface area contributed by atoms with Gasteiger partial charge in [-0.3, -0.25) is 0 Å².